The Morgan fingerprint density at radius 1 is 1.54 bits per heavy atom. The van der Waals surface area contributed by atoms with E-state index in [4.69, 9.17) is 10.8 Å². The van der Waals surface area contributed by atoms with E-state index in [1.807, 2.05) is 0 Å². The normalized spacial score (nSPS) is 12.2. The number of rotatable bonds is 6. The monoisotopic (exact) mass is 189 g/mol. The Morgan fingerprint density at radius 3 is 2.54 bits per heavy atom. The quantitative estimate of drug-likeness (QED) is 0.391. The summed E-state index contributed by atoms with van der Waals surface area (Å²) in [4.78, 5) is 21.3. The van der Waals surface area contributed by atoms with E-state index in [1.54, 1.807) is 0 Å². The van der Waals surface area contributed by atoms with E-state index in [2.05, 4.69) is 10.6 Å². The van der Waals surface area contributed by atoms with E-state index in [-0.39, 0.29) is 25.4 Å². The van der Waals surface area contributed by atoms with Gasteiger partial charge in [0.15, 0.2) is 0 Å². The number of likely N-dealkylation sites (N-methyl/N-ethyl adjacent to an activating group) is 1. The maximum absolute atomic E-state index is 10.9. The molecule has 0 aliphatic carbocycles. The van der Waals surface area contributed by atoms with Gasteiger partial charge in [0.1, 0.15) is 6.04 Å². The second-order valence-electron chi connectivity index (χ2n) is 2.52. The fourth-order valence-electron chi connectivity index (χ4n) is 0.748. The predicted molar refractivity (Wildman–Crippen MR) is 47.2 cm³/mol. The van der Waals surface area contributed by atoms with E-state index in [0.717, 1.165) is 0 Å². The van der Waals surface area contributed by atoms with E-state index in [9.17, 15) is 9.59 Å². The fourth-order valence-corrected chi connectivity index (χ4v) is 0.748. The molecule has 0 saturated heterocycles. The Morgan fingerprint density at radius 2 is 2.15 bits per heavy atom. The van der Waals surface area contributed by atoms with Crippen LogP contribution in [0.5, 0.6) is 0 Å². The van der Waals surface area contributed by atoms with Crippen LogP contribution >= 0.6 is 0 Å². The van der Waals surface area contributed by atoms with Crippen LogP contribution in [0.1, 0.15) is 6.42 Å². The second kappa shape index (κ2) is 6.38. The third-order valence-corrected chi connectivity index (χ3v) is 1.52. The minimum absolute atomic E-state index is 0.0741. The van der Waals surface area contributed by atoms with Crippen molar-refractivity contribution in [3.05, 3.63) is 0 Å². The summed E-state index contributed by atoms with van der Waals surface area (Å²) < 4.78 is 0. The highest BCUT2D eigenvalue weighted by Gasteiger charge is 2.14. The average molecular weight is 189 g/mol. The third kappa shape index (κ3) is 5.15. The number of carbonyl (C=O) groups is 2. The van der Waals surface area contributed by atoms with Crippen molar-refractivity contribution in [2.75, 3.05) is 20.1 Å². The Labute approximate surface area is 76.5 Å². The SMILES string of the molecule is CN[C@H](CNC(=O)CCN)C(=O)O. The Kier molecular flexibility index (Phi) is 5.82. The summed E-state index contributed by atoms with van der Waals surface area (Å²) in [5.41, 5.74) is 5.14. The number of aliphatic carboxylic acids is 1. The van der Waals surface area contributed by atoms with Gasteiger partial charge in [0, 0.05) is 19.5 Å². The van der Waals surface area contributed by atoms with Gasteiger partial charge >= 0.3 is 5.97 Å². The van der Waals surface area contributed by atoms with Gasteiger partial charge < -0.3 is 21.5 Å². The summed E-state index contributed by atoms with van der Waals surface area (Å²) >= 11 is 0. The smallest absolute Gasteiger partial charge is 0.322 e. The number of nitrogens with one attached hydrogen (secondary N) is 2. The summed E-state index contributed by atoms with van der Waals surface area (Å²) in [5.74, 6) is -1.22. The van der Waals surface area contributed by atoms with Crippen LogP contribution in [-0.4, -0.2) is 43.2 Å². The van der Waals surface area contributed by atoms with Crippen molar-refractivity contribution < 1.29 is 14.7 Å². The molecule has 0 bridgehead atoms. The van der Waals surface area contributed by atoms with Crippen LogP contribution in [-0.2, 0) is 9.59 Å². The van der Waals surface area contributed by atoms with Crippen LogP contribution in [0.15, 0.2) is 0 Å². The largest absolute Gasteiger partial charge is 0.480 e. The molecule has 0 rings (SSSR count). The average Bonchev–Trinajstić information content (AvgIpc) is 2.05. The van der Waals surface area contributed by atoms with Gasteiger partial charge in [-0.3, -0.25) is 9.59 Å². The van der Waals surface area contributed by atoms with Crippen molar-refractivity contribution in [2.45, 2.75) is 12.5 Å². The maximum Gasteiger partial charge on any atom is 0.322 e. The van der Waals surface area contributed by atoms with Gasteiger partial charge in [-0.1, -0.05) is 0 Å². The van der Waals surface area contributed by atoms with Gasteiger partial charge in [-0.05, 0) is 7.05 Å². The van der Waals surface area contributed by atoms with Gasteiger partial charge in [-0.25, -0.2) is 0 Å². The van der Waals surface area contributed by atoms with E-state index >= 15 is 0 Å². The first-order valence-corrected chi connectivity index (χ1v) is 3.98. The van der Waals surface area contributed by atoms with Crippen molar-refractivity contribution in [3.8, 4) is 0 Å². The molecule has 0 aliphatic heterocycles. The molecule has 0 unspecified atom stereocenters. The van der Waals surface area contributed by atoms with Crippen molar-refractivity contribution in [3.63, 3.8) is 0 Å². The van der Waals surface area contributed by atoms with Gasteiger partial charge in [0.05, 0.1) is 0 Å². The lowest BCUT2D eigenvalue weighted by Crippen LogP contribution is -2.44. The topological polar surface area (TPSA) is 104 Å². The number of carbonyl (C=O) groups excluding carboxylic acids is 1. The highest BCUT2D eigenvalue weighted by atomic mass is 16.4. The summed E-state index contributed by atoms with van der Waals surface area (Å²) in [6.07, 6.45) is 0.218. The van der Waals surface area contributed by atoms with Crippen molar-refractivity contribution in [1.82, 2.24) is 10.6 Å². The molecule has 0 aromatic heterocycles. The minimum Gasteiger partial charge on any atom is -0.480 e. The molecule has 1 atom stereocenters. The van der Waals surface area contributed by atoms with E-state index < -0.39 is 12.0 Å². The molecular weight excluding hydrogens is 174 g/mol. The molecule has 76 valence electrons. The summed E-state index contributed by atoms with van der Waals surface area (Å²) in [7, 11) is 1.52. The first-order valence-electron chi connectivity index (χ1n) is 3.98. The summed E-state index contributed by atoms with van der Waals surface area (Å²) in [6.45, 7) is 0.341. The minimum atomic E-state index is -0.990. The first kappa shape index (κ1) is 11.9. The molecule has 5 N–H and O–H groups in total. The molecule has 13 heavy (non-hydrogen) atoms. The molecule has 0 radical (unpaired) electrons. The van der Waals surface area contributed by atoms with Crippen LogP contribution in [0.3, 0.4) is 0 Å². The maximum atomic E-state index is 10.9. The Hall–Kier alpha value is -1.14. The van der Waals surface area contributed by atoms with Gasteiger partial charge in [-0.15, -0.1) is 0 Å². The zero-order valence-corrected chi connectivity index (χ0v) is 7.54. The summed E-state index contributed by atoms with van der Waals surface area (Å²) in [6, 6.07) is -0.748. The molecule has 0 heterocycles. The number of carboxylic acid groups (broad SMARTS) is 1. The third-order valence-electron chi connectivity index (χ3n) is 1.52. The molecule has 6 heteroatoms. The Bertz CT molecular complexity index is 184. The molecule has 0 spiro atoms. The number of nitrogens with two attached hydrogens (primary N) is 1. The standard InChI is InChI=1S/C7H15N3O3/c1-9-5(7(12)13)4-10-6(11)2-3-8/h5,9H,2-4,8H2,1H3,(H,10,11)(H,12,13)/t5-/m1/s1. The first-order chi connectivity index (χ1) is 6.11. The second-order valence-corrected chi connectivity index (χ2v) is 2.52. The molecule has 1 amide bonds. The number of hydrogen-bond acceptors (Lipinski definition) is 4. The molecule has 0 fully saturated rings. The van der Waals surface area contributed by atoms with Gasteiger partial charge in [0.25, 0.3) is 0 Å². The number of hydrogen-bond donors (Lipinski definition) is 4. The Balaban J connectivity index is 3.72. The number of amides is 1. The zero-order valence-electron chi connectivity index (χ0n) is 7.54. The highest BCUT2D eigenvalue weighted by molar-refractivity contribution is 5.78. The molecule has 6 nitrogen and oxygen atoms in total. The molecule has 0 saturated carbocycles. The molecular formula is C7H15N3O3. The van der Waals surface area contributed by atoms with Crippen molar-refractivity contribution in [1.29, 1.82) is 0 Å². The van der Waals surface area contributed by atoms with E-state index in [1.165, 1.54) is 7.05 Å². The van der Waals surface area contributed by atoms with Crippen LogP contribution < -0.4 is 16.4 Å². The lowest BCUT2D eigenvalue weighted by molar-refractivity contribution is -0.139. The summed E-state index contributed by atoms with van der Waals surface area (Å²) in [5, 5.41) is 13.6. The zero-order chi connectivity index (χ0) is 10.3. The highest BCUT2D eigenvalue weighted by Crippen LogP contribution is 1.81. The van der Waals surface area contributed by atoms with Crippen LogP contribution in [0, 0.1) is 0 Å². The van der Waals surface area contributed by atoms with Crippen LogP contribution in [0.4, 0.5) is 0 Å². The molecule has 0 aliphatic rings. The van der Waals surface area contributed by atoms with Crippen LogP contribution in [0.2, 0.25) is 0 Å². The van der Waals surface area contributed by atoms with Crippen molar-refractivity contribution >= 4 is 11.9 Å². The number of carboxylic acids is 1. The van der Waals surface area contributed by atoms with Crippen LogP contribution in [0.25, 0.3) is 0 Å². The van der Waals surface area contributed by atoms with Gasteiger partial charge in [-0.2, -0.15) is 0 Å². The van der Waals surface area contributed by atoms with Gasteiger partial charge in [0.2, 0.25) is 5.91 Å². The molecule has 0 aromatic carbocycles. The predicted octanol–water partition coefficient (Wildman–Crippen LogP) is -1.88. The molecule has 0 aromatic rings. The van der Waals surface area contributed by atoms with Crippen molar-refractivity contribution in [2.24, 2.45) is 5.73 Å². The fraction of sp³-hybridized carbons (Fsp3) is 0.714. The lowest BCUT2D eigenvalue weighted by atomic mass is 10.3. The van der Waals surface area contributed by atoms with E-state index in [0.29, 0.717) is 0 Å². The lowest BCUT2D eigenvalue weighted by Gasteiger charge is -2.11.